The number of imidazole rings is 1. The van der Waals surface area contributed by atoms with Crippen LogP contribution in [0.15, 0.2) is 48.7 Å². The molecule has 0 bridgehead atoms. The summed E-state index contributed by atoms with van der Waals surface area (Å²) >= 11 is 12.2. The van der Waals surface area contributed by atoms with Crippen molar-refractivity contribution >= 4 is 29.1 Å². The maximum atomic E-state index is 12.9. The average Bonchev–Trinajstić information content (AvgIpc) is 3.20. The Hall–Kier alpha value is -2.54. The van der Waals surface area contributed by atoms with Gasteiger partial charge in [-0.25, -0.2) is 9.99 Å². The zero-order chi connectivity index (χ0) is 21.1. The Balaban J connectivity index is 1.75. The van der Waals surface area contributed by atoms with Gasteiger partial charge in [0.05, 0.1) is 12.7 Å². The van der Waals surface area contributed by atoms with Gasteiger partial charge in [-0.15, -0.1) is 0 Å². The topological polar surface area (TPSA) is 59.4 Å². The number of amides is 1. The lowest BCUT2D eigenvalue weighted by Crippen LogP contribution is -2.45. The van der Waals surface area contributed by atoms with Crippen molar-refractivity contribution in [2.75, 3.05) is 20.2 Å². The van der Waals surface area contributed by atoms with Gasteiger partial charge < -0.3 is 4.74 Å². The molecule has 30 heavy (non-hydrogen) atoms. The van der Waals surface area contributed by atoms with E-state index in [1.165, 1.54) is 6.42 Å². The molecule has 1 aliphatic heterocycles. The number of hydrogen-bond donors (Lipinski definition) is 1. The fourth-order valence-corrected chi connectivity index (χ4v) is 3.82. The molecule has 1 aliphatic rings. The SMILES string of the molecule is COc1cc(Cl)ccc1-c1nc(C(=O)NN2CCCCC2)cn1-c1ccc(Cl)cc1. The first-order chi connectivity index (χ1) is 14.5. The lowest BCUT2D eigenvalue weighted by Gasteiger charge is -2.26. The molecule has 0 saturated carbocycles. The summed E-state index contributed by atoms with van der Waals surface area (Å²) in [5.74, 6) is 0.916. The summed E-state index contributed by atoms with van der Waals surface area (Å²) in [4.78, 5) is 17.6. The van der Waals surface area contributed by atoms with Gasteiger partial charge in [-0.1, -0.05) is 29.6 Å². The highest BCUT2D eigenvalue weighted by Gasteiger charge is 2.21. The smallest absolute Gasteiger partial charge is 0.285 e. The molecule has 2 aromatic carbocycles. The molecule has 0 unspecified atom stereocenters. The van der Waals surface area contributed by atoms with Crippen LogP contribution in [0.25, 0.3) is 17.1 Å². The van der Waals surface area contributed by atoms with E-state index in [1.807, 2.05) is 27.8 Å². The zero-order valence-corrected chi connectivity index (χ0v) is 18.1. The second-order valence-electron chi connectivity index (χ2n) is 7.13. The van der Waals surface area contributed by atoms with Crippen molar-refractivity contribution in [3.05, 3.63) is 64.4 Å². The zero-order valence-electron chi connectivity index (χ0n) is 16.6. The molecule has 0 spiro atoms. The molecule has 1 saturated heterocycles. The molecule has 2 heterocycles. The van der Waals surface area contributed by atoms with Crippen molar-refractivity contribution in [1.82, 2.24) is 20.0 Å². The maximum absolute atomic E-state index is 12.9. The van der Waals surface area contributed by atoms with Crippen molar-refractivity contribution in [2.24, 2.45) is 0 Å². The van der Waals surface area contributed by atoms with Crippen LogP contribution >= 0.6 is 23.2 Å². The molecular weight excluding hydrogens is 423 g/mol. The second-order valence-corrected chi connectivity index (χ2v) is 8.00. The van der Waals surface area contributed by atoms with Crippen molar-refractivity contribution in [3.63, 3.8) is 0 Å². The van der Waals surface area contributed by atoms with Crippen LogP contribution in [0.3, 0.4) is 0 Å². The minimum Gasteiger partial charge on any atom is -0.496 e. The summed E-state index contributed by atoms with van der Waals surface area (Å²) in [6.07, 6.45) is 5.07. The Bertz CT molecular complexity index is 1040. The number of aromatic nitrogens is 2. The van der Waals surface area contributed by atoms with Crippen molar-refractivity contribution in [3.8, 4) is 22.8 Å². The molecule has 4 rings (SSSR count). The summed E-state index contributed by atoms with van der Waals surface area (Å²) in [5, 5.41) is 3.14. The van der Waals surface area contributed by atoms with Crippen LogP contribution in [0.2, 0.25) is 10.0 Å². The second kappa shape index (κ2) is 9.08. The molecule has 0 radical (unpaired) electrons. The van der Waals surface area contributed by atoms with Gasteiger partial charge in [-0.3, -0.25) is 14.8 Å². The molecule has 156 valence electrons. The lowest BCUT2D eigenvalue weighted by molar-refractivity contribution is 0.0745. The van der Waals surface area contributed by atoms with Gasteiger partial charge in [0, 0.05) is 35.0 Å². The molecule has 1 aromatic heterocycles. The number of methoxy groups -OCH3 is 1. The van der Waals surface area contributed by atoms with Crippen molar-refractivity contribution < 1.29 is 9.53 Å². The molecule has 6 nitrogen and oxygen atoms in total. The van der Waals surface area contributed by atoms with Crippen LogP contribution in [0.1, 0.15) is 29.8 Å². The number of carbonyl (C=O) groups excluding carboxylic acids is 1. The Morgan fingerprint density at radius 1 is 1.03 bits per heavy atom. The first kappa shape index (κ1) is 20.7. The average molecular weight is 445 g/mol. The van der Waals surface area contributed by atoms with Gasteiger partial charge in [-0.2, -0.15) is 0 Å². The van der Waals surface area contributed by atoms with Gasteiger partial charge in [0.25, 0.3) is 5.91 Å². The minimum atomic E-state index is -0.237. The number of halogens is 2. The van der Waals surface area contributed by atoms with Crippen LogP contribution < -0.4 is 10.2 Å². The van der Waals surface area contributed by atoms with Crippen molar-refractivity contribution in [1.29, 1.82) is 0 Å². The Morgan fingerprint density at radius 3 is 2.43 bits per heavy atom. The number of ether oxygens (including phenoxy) is 1. The van der Waals surface area contributed by atoms with Gasteiger partial charge in [-0.05, 0) is 55.3 Å². The minimum absolute atomic E-state index is 0.237. The van der Waals surface area contributed by atoms with E-state index in [9.17, 15) is 4.79 Å². The molecule has 1 fully saturated rings. The number of rotatable bonds is 5. The van der Waals surface area contributed by atoms with E-state index in [1.54, 1.807) is 37.6 Å². The Morgan fingerprint density at radius 2 is 1.73 bits per heavy atom. The van der Waals surface area contributed by atoms with E-state index >= 15 is 0 Å². The molecule has 1 amide bonds. The number of carbonyl (C=O) groups is 1. The fourth-order valence-electron chi connectivity index (χ4n) is 3.53. The fraction of sp³-hybridized carbons (Fsp3) is 0.273. The third-order valence-corrected chi connectivity index (χ3v) is 5.55. The van der Waals surface area contributed by atoms with E-state index in [0.717, 1.165) is 37.2 Å². The largest absolute Gasteiger partial charge is 0.496 e. The summed E-state index contributed by atoms with van der Waals surface area (Å²) < 4.78 is 7.37. The van der Waals surface area contributed by atoms with Crippen LogP contribution in [-0.2, 0) is 0 Å². The van der Waals surface area contributed by atoms with Gasteiger partial charge in [0.15, 0.2) is 0 Å². The highest BCUT2D eigenvalue weighted by molar-refractivity contribution is 6.31. The molecular formula is C22H22Cl2N4O2. The quantitative estimate of drug-likeness (QED) is 0.602. The van der Waals surface area contributed by atoms with E-state index in [-0.39, 0.29) is 5.91 Å². The normalized spacial score (nSPS) is 14.5. The van der Waals surface area contributed by atoms with Crippen LogP contribution in [0.5, 0.6) is 5.75 Å². The number of nitrogens with zero attached hydrogens (tertiary/aromatic N) is 3. The van der Waals surface area contributed by atoms with Gasteiger partial charge in [0.2, 0.25) is 0 Å². The molecule has 0 atom stereocenters. The van der Waals surface area contributed by atoms with Crippen molar-refractivity contribution in [2.45, 2.75) is 19.3 Å². The third-order valence-electron chi connectivity index (χ3n) is 5.06. The predicted octanol–water partition coefficient (Wildman–Crippen LogP) is 4.99. The highest BCUT2D eigenvalue weighted by atomic mass is 35.5. The van der Waals surface area contributed by atoms with Gasteiger partial charge in [0.1, 0.15) is 17.3 Å². The highest BCUT2D eigenvalue weighted by Crippen LogP contribution is 2.33. The number of hydrogen-bond acceptors (Lipinski definition) is 4. The maximum Gasteiger partial charge on any atom is 0.285 e. The van der Waals surface area contributed by atoms with Crippen LogP contribution in [-0.4, -0.2) is 40.7 Å². The standard InChI is InChI=1S/C22H22Cl2N4O2/c1-30-20-13-16(24)7-10-18(20)21-25-19(22(29)26-27-11-3-2-4-12-27)14-28(21)17-8-5-15(23)6-9-17/h5-10,13-14H,2-4,11-12H2,1H3,(H,26,29). The predicted molar refractivity (Wildman–Crippen MR) is 118 cm³/mol. The number of piperidine rings is 1. The Kier molecular flexibility index (Phi) is 6.27. The molecule has 3 aromatic rings. The van der Waals surface area contributed by atoms with Gasteiger partial charge >= 0.3 is 0 Å². The van der Waals surface area contributed by atoms with E-state index in [0.29, 0.717) is 27.3 Å². The molecule has 0 aliphatic carbocycles. The monoisotopic (exact) mass is 444 g/mol. The number of hydrazine groups is 1. The summed E-state index contributed by atoms with van der Waals surface area (Å²) in [6.45, 7) is 1.70. The van der Waals surface area contributed by atoms with Crippen LogP contribution in [0.4, 0.5) is 0 Å². The summed E-state index contributed by atoms with van der Waals surface area (Å²) in [6, 6.07) is 12.7. The van der Waals surface area contributed by atoms with E-state index in [4.69, 9.17) is 27.9 Å². The third kappa shape index (κ3) is 4.46. The van der Waals surface area contributed by atoms with E-state index in [2.05, 4.69) is 10.4 Å². The Labute approximate surface area is 185 Å². The van der Waals surface area contributed by atoms with Crippen LogP contribution in [0, 0.1) is 0 Å². The number of nitrogens with one attached hydrogen (secondary N) is 1. The lowest BCUT2D eigenvalue weighted by atomic mass is 10.2. The first-order valence-electron chi connectivity index (χ1n) is 9.80. The summed E-state index contributed by atoms with van der Waals surface area (Å²) in [5.41, 5.74) is 4.85. The summed E-state index contributed by atoms with van der Waals surface area (Å²) in [7, 11) is 1.58. The van der Waals surface area contributed by atoms with E-state index < -0.39 is 0 Å². The number of benzene rings is 2. The first-order valence-corrected chi connectivity index (χ1v) is 10.6. The molecule has 8 heteroatoms. The molecule has 1 N–H and O–H groups in total.